The Kier molecular flexibility index (Phi) is 12.4. The van der Waals surface area contributed by atoms with Gasteiger partial charge in [-0.3, -0.25) is 14.4 Å². The zero-order valence-electron chi connectivity index (χ0n) is 29.2. The Morgan fingerprint density at radius 3 is 2.24 bits per heavy atom. The van der Waals surface area contributed by atoms with Gasteiger partial charge in [-0.25, -0.2) is 0 Å². The number of alkyl halides is 2. The van der Waals surface area contributed by atoms with Gasteiger partial charge in [-0.1, -0.05) is 92.7 Å². The van der Waals surface area contributed by atoms with Crippen molar-refractivity contribution in [1.82, 2.24) is 0 Å². The molecule has 0 saturated heterocycles. The standard InChI is InChI=1S/C27H40O4.C14H10Cl4/c1-5-6-7-8-24(30)31-27(18(2)28)16-13-23-21-10-9-19-17-20(29)11-14-25(19,3)22(21)12-15-26(23,27)4;15-10-7-5-9(6-8-10)13(14(17)18)11-3-1-2-4-12(11)16/h17,21-23H,5-16H2,1-4H3;1-8,13-14H/t21-,22+,23+,25+,26+,27+;/m1./s1. The molecule has 0 radical (unpaired) electrons. The zero-order valence-corrected chi connectivity index (χ0v) is 32.2. The van der Waals surface area contributed by atoms with Crippen LogP contribution in [0, 0.1) is 28.6 Å². The van der Waals surface area contributed by atoms with Crippen molar-refractivity contribution in [2.75, 3.05) is 0 Å². The van der Waals surface area contributed by atoms with Crippen LogP contribution in [-0.2, 0) is 19.1 Å². The van der Waals surface area contributed by atoms with Crippen molar-refractivity contribution < 1.29 is 19.1 Å². The van der Waals surface area contributed by atoms with Crippen molar-refractivity contribution in [3.8, 4) is 0 Å². The van der Waals surface area contributed by atoms with Crippen LogP contribution in [0.15, 0.2) is 60.2 Å². The highest BCUT2D eigenvalue weighted by Gasteiger charge is 2.67. The van der Waals surface area contributed by atoms with Gasteiger partial charge in [0.2, 0.25) is 0 Å². The number of ketones is 2. The van der Waals surface area contributed by atoms with E-state index in [1.54, 1.807) is 6.92 Å². The molecular formula is C41H50Cl4O4. The van der Waals surface area contributed by atoms with E-state index in [9.17, 15) is 14.4 Å². The van der Waals surface area contributed by atoms with E-state index in [1.165, 1.54) is 5.57 Å². The number of rotatable bonds is 9. The molecule has 0 heterocycles. The van der Waals surface area contributed by atoms with Crippen molar-refractivity contribution in [1.29, 1.82) is 0 Å². The van der Waals surface area contributed by atoms with E-state index in [2.05, 4.69) is 20.8 Å². The van der Waals surface area contributed by atoms with E-state index in [0.29, 0.717) is 47.1 Å². The minimum Gasteiger partial charge on any atom is -0.450 e. The van der Waals surface area contributed by atoms with Gasteiger partial charge in [0.1, 0.15) is 4.84 Å². The summed E-state index contributed by atoms with van der Waals surface area (Å²) in [6, 6.07) is 15.0. The molecule has 6 rings (SSSR count). The lowest BCUT2D eigenvalue weighted by Crippen LogP contribution is -2.58. The second-order valence-electron chi connectivity index (χ2n) is 15.2. The summed E-state index contributed by atoms with van der Waals surface area (Å²) in [6.45, 7) is 8.37. The molecule has 3 fully saturated rings. The minimum atomic E-state index is -0.953. The van der Waals surface area contributed by atoms with Crippen molar-refractivity contribution in [2.45, 2.75) is 121 Å². The van der Waals surface area contributed by atoms with Gasteiger partial charge < -0.3 is 4.74 Å². The number of ether oxygens (including phenoxy) is 1. The van der Waals surface area contributed by atoms with Crippen LogP contribution in [0.2, 0.25) is 10.0 Å². The molecule has 3 saturated carbocycles. The van der Waals surface area contributed by atoms with Crippen LogP contribution < -0.4 is 0 Å². The number of hydrogen-bond acceptors (Lipinski definition) is 4. The number of Topliss-reactive ketones (excluding diaryl/α,β-unsaturated/α-hetero) is 1. The molecular weight excluding hydrogens is 698 g/mol. The third-order valence-electron chi connectivity index (χ3n) is 12.6. The Balaban J connectivity index is 0.000000221. The number of hydrogen-bond donors (Lipinski definition) is 0. The van der Waals surface area contributed by atoms with Gasteiger partial charge in [0, 0.05) is 34.2 Å². The topological polar surface area (TPSA) is 60.4 Å². The lowest BCUT2D eigenvalue weighted by Gasteiger charge is -2.59. The van der Waals surface area contributed by atoms with Crippen LogP contribution in [0.25, 0.3) is 0 Å². The average Bonchev–Trinajstić information content (AvgIpc) is 3.36. The second-order valence-corrected chi connectivity index (χ2v) is 17.2. The van der Waals surface area contributed by atoms with Crippen LogP contribution >= 0.6 is 46.4 Å². The summed E-state index contributed by atoms with van der Waals surface area (Å²) in [5, 5.41) is 1.33. The summed E-state index contributed by atoms with van der Waals surface area (Å²) in [5.41, 5.74) is 2.16. The molecule has 0 aliphatic heterocycles. The fourth-order valence-electron chi connectivity index (χ4n) is 10.00. The number of esters is 1. The zero-order chi connectivity index (χ0) is 35.6. The molecule has 2 aromatic rings. The number of carbonyl (C=O) groups is 3. The van der Waals surface area contributed by atoms with E-state index in [1.807, 2.05) is 54.6 Å². The van der Waals surface area contributed by atoms with Crippen LogP contribution in [0.4, 0.5) is 0 Å². The van der Waals surface area contributed by atoms with Crippen LogP contribution in [0.5, 0.6) is 0 Å². The lowest BCUT2D eigenvalue weighted by molar-refractivity contribution is -0.189. The maximum absolute atomic E-state index is 13.1. The van der Waals surface area contributed by atoms with Gasteiger partial charge in [-0.05, 0) is 117 Å². The largest absolute Gasteiger partial charge is 0.450 e. The highest BCUT2D eigenvalue weighted by atomic mass is 35.5. The Morgan fingerprint density at radius 2 is 1.59 bits per heavy atom. The van der Waals surface area contributed by atoms with Gasteiger partial charge in [0.15, 0.2) is 17.2 Å². The molecule has 4 nitrogen and oxygen atoms in total. The Hall–Kier alpha value is -1.85. The van der Waals surface area contributed by atoms with Gasteiger partial charge in [-0.2, -0.15) is 0 Å². The summed E-state index contributed by atoms with van der Waals surface area (Å²) < 4.78 is 6.16. The molecule has 4 aliphatic carbocycles. The number of benzene rings is 2. The monoisotopic (exact) mass is 746 g/mol. The van der Waals surface area contributed by atoms with Crippen LogP contribution in [0.3, 0.4) is 0 Å². The van der Waals surface area contributed by atoms with Gasteiger partial charge in [-0.15, -0.1) is 23.2 Å². The van der Waals surface area contributed by atoms with Crippen LogP contribution in [-0.4, -0.2) is 28.0 Å². The summed E-state index contributed by atoms with van der Waals surface area (Å²) in [7, 11) is 0. The van der Waals surface area contributed by atoms with Crippen molar-refractivity contribution in [2.24, 2.45) is 28.6 Å². The number of carbonyl (C=O) groups excluding carboxylic acids is 3. The molecule has 0 aromatic heterocycles. The van der Waals surface area contributed by atoms with Gasteiger partial charge >= 0.3 is 5.97 Å². The number of fused-ring (bicyclic) bond motifs is 5. The Labute approximate surface area is 312 Å². The van der Waals surface area contributed by atoms with E-state index in [4.69, 9.17) is 51.1 Å². The molecule has 1 unspecified atom stereocenters. The molecule has 0 spiro atoms. The first-order valence-corrected chi connectivity index (χ1v) is 19.6. The third kappa shape index (κ3) is 7.55. The molecule has 49 heavy (non-hydrogen) atoms. The SMILES string of the molecule is CCCCCC(=O)O[C@]1(C(C)=O)CC[C@H]2[C@@H]3CCC4=CC(=O)CC[C@]4(C)[C@H]3CC[C@@]21C.Clc1ccc(C(c2ccccc2Cl)C(Cl)Cl)cc1. The molecule has 0 N–H and O–H groups in total. The van der Waals surface area contributed by atoms with E-state index in [-0.39, 0.29) is 34.3 Å². The van der Waals surface area contributed by atoms with E-state index in [0.717, 1.165) is 68.9 Å². The maximum Gasteiger partial charge on any atom is 0.306 e. The highest BCUT2D eigenvalue weighted by Crippen LogP contribution is 2.68. The third-order valence-corrected chi connectivity index (χ3v) is 13.7. The normalized spacial score (nSPS) is 31.0. The second kappa shape index (κ2) is 15.8. The van der Waals surface area contributed by atoms with Crippen molar-refractivity contribution in [3.05, 3.63) is 81.4 Å². The molecule has 0 bridgehead atoms. The summed E-state index contributed by atoms with van der Waals surface area (Å²) in [6.07, 6.45) is 12.6. The molecule has 266 valence electrons. The van der Waals surface area contributed by atoms with Crippen LogP contribution in [0.1, 0.15) is 122 Å². The first kappa shape index (κ1) is 38.4. The van der Waals surface area contributed by atoms with Gasteiger partial charge in [0.25, 0.3) is 0 Å². The minimum absolute atomic E-state index is 0.0330. The maximum atomic E-state index is 13.1. The Bertz CT molecular complexity index is 1550. The molecule has 4 aliphatic rings. The first-order chi connectivity index (χ1) is 23.3. The predicted octanol–water partition coefficient (Wildman–Crippen LogP) is 11.9. The Morgan fingerprint density at radius 1 is 0.898 bits per heavy atom. The number of allylic oxidation sites excluding steroid dienone is 1. The summed E-state index contributed by atoms with van der Waals surface area (Å²) in [4.78, 5) is 37.3. The highest BCUT2D eigenvalue weighted by molar-refractivity contribution is 6.45. The van der Waals surface area contributed by atoms with Crippen molar-refractivity contribution >= 4 is 63.9 Å². The van der Waals surface area contributed by atoms with Gasteiger partial charge in [0.05, 0.1) is 0 Å². The van der Waals surface area contributed by atoms with E-state index >= 15 is 0 Å². The first-order valence-electron chi connectivity index (χ1n) is 18.0. The quantitative estimate of drug-likeness (QED) is 0.146. The molecule has 2 aromatic carbocycles. The smallest absolute Gasteiger partial charge is 0.306 e. The van der Waals surface area contributed by atoms with Crippen molar-refractivity contribution in [3.63, 3.8) is 0 Å². The molecule has 8 heteroatoms. The lowest BCUT2D eigenvalue weighted by atomic mass is 9.46. The summed E-state index contributed by atoms with van der Waals surface area (Å²) in [5.74, 6) is 1.49. The number of halogens is 4. The molecule has 7 atom stereocenters. The fraction of sp³-hybridized carbons (Fsp3) is 0.585. The van der Waals surface area contributed by atoms with E-state index < -0.39 is 10.4 Å². The molecule has 0 amide bonds. The summed E-state index contributed by atoms with van der Waals surface area (Å²) >= 11 is 24.3. The predicted molar refractivity (Wildman–Crippen MR) is 201 cm³/mol. The average molecular weight is 749 g/mol. The fourth-order valence-corrected chi connectivity index (χ4v) is 10.9. The number of unbranched alkanes of at least 4 members (excludes halogenated alkanes) is 2.